The minimum absolute atomic E-state index is 0.190. The molecule has 1 aliphatic heterocycles. The number of hydrogen-bond donors (Lipinski definition) is 0. The lowest BCUT2D eigenvalue weighted by atomic mass is 9.78. The zero-order valence-corrected chi connectivity index (χ0v) is 8.79. The van der Waals surface area contributed by atoms with Crippen LogP contribution in [0.5, 0.6) is 0 Å². The van der Waals surface area contributed by atoms with E-state index in [1.807, 2.05) is 24.3 Å². The van der Waals surface area contributed by atoms with E-state index in [4.69, 9.17) is 9.31 Å². The summed E-state index contributed by atoms with van der Waals surface area (Å²) in [6, 6.07) is 7.98. The average molecular weight is 241 g/mol. The van der Waals surface area contributed by atoms with Gasteiger partial charge in [0.1, 0.15) is 0 Å². The first kappa shape index (κ1) is 9.25. The van der Waals surface area contributed by atoms with Crippen LogP contribution in [-0.2, 0) is 9.31 Å². The summed E-state index contributed by atoms with van der Waals surface area (Å²) in [5.74, 6) is 0. The fourth-order valence-electron chi connectivity index (χ4n) is 1.33. The molecule has 0 atom stereocenters. The van der Waals surface area contributed by atoms with E-state index in [0.29, 0.717) is 0 Å². The Kier molecular flexibility index (Phi) is 3.03. The van der Waals surface area contributed by atoms with Crippen LogP contribution in [-0.4, -0.2) is 20.3 Å². The molecule has 2 nitrogen and oxygen atoms in total. The van der Waals surface area contributed by atoms with E-state index in [0.717, 1.165) is 29.6 Å². The maximum Gasteiger partial charge on any atom is 0.495 e. The second-order valence-electron chi connectivity index (χ2n) is 2.95. The van der Waals surface area contributed by atoms with Gasteiger partial charge in [-0.15, -0.1) is 0 Å². The standard InChI is InChI=1S/C9H10BBrO2/c11-9-5-2-1-4-8(9)10-12-6-3-7-13-10/h1-2,4-5H,3,6-7H2. The van der Waals surface area contributed by atoms with Crippen LogP contribution in [0.1, 0.15) is 6.42 Å². The van der Waals surface area contributed by atoms with Crippen molar-refractivity contribution >= 4 is 28.5 Å². The molecule has 0 radical (unpaired) electrons. The maximum atomic E-state index is 5.49. The Labute approximate surface area is 86.5 Å². The van der Waals surface area contributed by atoms with E-state index in [1.54, 1.807) is 0 Å². The first-order chi connectivity index (χ1) is 6.38. The molecule has 0 bridgehead atoms. The molecule has 0 spiro atoms. The Morgan fingerprint density at radius 1 is 1.15 bits per heavy atom. The molecule has 1 aliphatic rings. The molecule has 4 heteroatoms. The summed E-state index contributed by atoms with van der Waals surface area (Å²) in [4.78, 5) is 0. The van der Waals surface area contributed by atoms with Crippen LogP contribution >= 0.6 is 15.9 Å². The molecular weight excluding hydrogens is 231 g/mol. The highest BCUT2D eigenvalue weighted by Crippen LogP contribution is 2.10. The lowest BCUT2D eigenvalue weighted by Gasteiger charge is -2.20. The van der Waals surface area contributed by atoms with Gasteiger partial charge in [0, 0.05) is 17.7 Å². The van der Waals surface area contributed by atoms with E-state index in [-0.39, 0.29) is 7.12 Å². The van der Waals surface area contributed by atoms with Gasteiger partial charge >= 0.3 is 7.12 Å². The summed E-state index contributed by atoms with van der Waals surface area (Å²) in [6.07, 6.45) is 0.987. The van der Waals surface area contributed by atoms with Crippen molar-refractivity contribution in [3.8, 4) is 0 Å². The molecule has 1 aromatic carbocycles. The van der Waals surface area contributed by atoms with Gasteiger partial charge in [-0.3, -0.25) is 0 Å². The molecule has 68 valence electrons. The highest BCUT2D eigenvalue weighted by molar-refractivity contribution is 9.10. The molecule has 2 rings (SSSR count). The fraction of sp³-hybridized carbons (Fsp3) is 0.333. The zero-order chi connectivity index (χ0) is 9.10. The summed E-state index contributed by atoms with van der Waals surface area (Å²) in [5.41, 5.74) is 1.07. The van der Waals surface area contributed by atoms with Crippen molar-refractivity contribution in [2.45, 2.75) is 6.42 Å². The van der Waals surface area contributed by atoms with Gasteiger partial charge in [-0.1, -0.05) is 34.1 Å². The normalized spacial score (nSPS) is 17.5. The SMILES string of the molecule is Brc1ccccc1B1OCCCO1. The largest absolute Gasteiger partial charge is 0.495 e. The molecule has 1 saturated heterocycles. The van der Waals surface area contributed by atoms with Crippen molar-refractivity contribution in [2.24, 2.45) is 0 Å². The van der Waals surface area contributed by atoms with Crippen LogP contribution < -0.4 is 5.46 Å². The van der Waals surface area contributed by atoms with Crippen molar-refractivity contribution in [3.05, 3.63) is 28.7 Å². The zero-order valence-electron chi connectivity index (χ0n) is 7.20. The van der Waals surface area contributed by atoms with E-state index in [1.165, 1.54) is 0 Å². The van der Waals surface area contributed by atoms with Crippen molar-refractivity contribution in [1.29, 1.82) is 0 Å². The molecule has 0 aromatic heterocycles. The van der Waals surface area contributed by atoms with Crippen molar-refractivity contribution < 1.29 is 9.31 Å². The predicted molar refractivity (Wildman–Crippen MR) is 56.1 cm³/mol. The first-order valence-electron chi connectivity index (χ1n) is 4.35. The molecular formula is C9H10BBrO2. The van der Waals surface area contributed by atoms with Gasteiger partial charge in [-0.25, -0.2) is 0 Å². The minimum Gasteiger partial charge on any atom is -0.407 e. The van der Waals surface area contributed by atoms with Gasteiger partial charge in [-0.2, -0.15) is 0 Å². The molecule has 1 aromatic rings. The lowest BCUT2D eigenvalue weighted by molar-refractivity contribution is 0.143. The Balaban J connectivity index is 2.18. The predicted octanol–water partition coefficient (Wildman–Crippen LogP) is 1.58. The summed E-state index contributed by atoms with van der Waals surface area (Å²) in [5, 5.41) is 0. The molecule has 1 heterocycles. The monoisotopic (exact) mass is 240 g/mol. The number of halogens is 1. The van der Waals surface area contributed by atoms with Gasteiger partial charge in [0.05, 0.1) is 0 Å². The van der Waals surface area contributed by atoms with Gasteiger partial charge in [0.25, 0.3) is 0 Å². The second-order valence-corrected chi connectivity index (χ2v) is 3.80. The topological polar surface area (TPSA) is 18.5 Å². The third kappa shape index (κ3) is 2.13. The minimum atomic E-state index is -0.190. The van der Waals surface area contributed by atoms with E-state index < -0.39 is 0 Å². The van der Waals surface area contributed by atoms with Crippen LogP contribution in [0, 0.1) is 0 Å². The third-order valence-electron chi connectivity index (χ3n) is 1.99. The quantitative estimate of drug-likeness (QED) is 0.695. The number of benzene rings is 1. The van der Waals surface area contributed by atoms with Crippen LogP contribution in [0.15, 0.2) is 28.7 Å². The lowest BCUT2D eigenvalue weighted by Crippen LogP contribution is -2.41. The van der Waals surface area contributed by atoms with E-state index >= 15 is 0 Å². The number of rotatable bonds is 1. The highest BCUT2D eigenvalue weighted by Gasteiger charge is 2.25. The smallest absolute Gasteiger partial charge is 0.407 e. The Morgan fingerprint density at radius 2 is 1.85 bits per heavy atom. The summed E-state index contributed by atoms with van der Waals surface area (Å²) in [7, 11) is -0.190. The molecule has 0 saturated carbocycles. The van der Waals surface area contributed by atoms with Gasteiger partial charge < -0.3 is 9.31 Å². The summed E-state index contributed by atoms with van der Waals surface area (Å²) < 4.78 is 12.0. The maximum absolute atomic E-state index is 5.49. The fourth-order valence-corrected chi connectivity index (χ4v) is 1.81. The molecule has 0 aliphatic carbocycles. The highest BCUT2D eigenvalue weighted by atomic mass is 79.9. The summed E-state index contributed by atoms with van der Waals surface area (Å²) in [6.45, 7) is 1.57. The van der Waals surface area contributed by atoms with E-state index in [9.17, 15) is 0 Å². The van der Waals surface area contributed by atoms with Crippen LogP contribution in [0.2, 0.25) is 0 Å². The summed E-state index contributed by atoms with van der Waals surface area (Å²) >= 11 is 3.47. The Hall–Kier alpha value is -0.315. The second kappa shape index (κ2) is 4.27. The van der Waals surface area contributed by atoms with Crippen LogP contribution in [0.25, 0.3) is 0 Å². The Morgan fingerprint density at radius 3 is 2.54 bits per heavy atom. The molecule has 0 unspecified atom stereocenters. The van der Waals surface area contributed by atoms with Crippen LogP contribution in [0.4, 0.5) is 0 Å². The third-order valence-corrected chi connectivity index (χ3v) is 2.71. The van der Waals surface area contributed by atoms with Crippen molar-refractivity contribution in [2.75, 3.05) is 13.2 Å². The van der Waals surface area contributed by atoms with Gasteiger partial charge in [0.2, 0.25) is 0 Å². The Bertz CT molecular complexity index is 287. The molecule has 13 heavy (non-hydrogen) atoms. The molecule has 0 N–H and O–H groups in total. The number of hydrogen-bond acceptors (Lipinski definition) is 2. The van der Waals surface area contributed by atoms with Gasteiger partial charge in [-0.05, 0) is 17.9 Å². The van der Waals surface area contributed by atoms with E-state index in [2.05, 4.69) is 15.9 Å². The van der Waals surface area contributed by atoms with Gasteiger partial charge in [0.15, 0.2) is 0 Å². The van der Waals surface area contributed by atoms with Crippen molar-refractivity contribution in [3.63, 3.8) is 0 Å². The average Bonchev–Trinajstić information content (AvgIpc) is 2.20. The van der Waals surface area contributed by atoms with Crippen LogP contribution in [0.3, 0.4) is 0 Å². The first-order valence-corrected chi connectivity index (χ1v) is 5.15. The molecule has 0 amide bonds. The van der Waals surface area contributed by atoms with Crippen molar-refractivity contribution in [1.82, 2.24) is 0 Å². The molecule has 1 fully saturated rings.